The standard InChI is InChI=1S/C20H16N2O3/c1-12-3-2-4-13(9-12)10-14-7-8-22-18(14)21-17-11-15(20(24)25)5-6-16(17)19(22)23/h2-6,9-11H,7-8H2,1H3,(H,24,25)/b14-10+. The van der Waals surface area contributed by atoms with E-state index < -0.39 is 5.97 Å². The van der Waals surface area contributed by atoms with Gasteiger partial charge in [-0.3, -0.25) is 9.36 Å². The molecule has 1 aromatic heterocycles. The highest BCUT2D eigenvalue weighted by molar-refractivity contribution is 5.93. The predicted molar refractivity (Wildman–Crippen MR) is 96.6 cm³/mol. The van der Waals surface area contributed by atoms with Gasteiger partial charge in [-0.05, 0) is 48.8 Å². The number of aromatic carboxylic acids is 1. The number of rotatable bonds is 2. The van der Waals surface area contributed by atoms with Crippen LogP contribution < -0.4 is 5.56 Å². The normalized spacial score (nSPS) is 14.8. The number of fused-ring (bicyclic) bond motifs is 2. The first kappa shape index (κ1) is 15.3. The van der Waals surface area contributed by atoms with Crippen molar-refractivity contribution in [3.05, 3.63) is 75.3 Å². The van der Waals surface area contributed by atoms with Crippen LogP contribution in [0.4, 0.5) is 0 Å². The number of carboxylic acids is 1. The van der Waals surface area contributed by atoms with Crippen LogP contribution in [0.2, 0.25) is 0 Å². The molecule has 2 aromatic carbocycles. The first-order valence-corrected chi connectivity index (χ1v) is 8.08. The van der Waals surface area contributed by atoms with Crippen molar-refractivity contribution in [1.29, 1.82) is 0 Å². The number of hydrogen-bond acceptors (Lipinski definition) is 3. The Kier molecular flexibility index (Phi) is 3.50. The van der Waals surface area contributed by atoms with Crippen LogP contribution in [0, 0.1) is 6.92 Å². The van der Waals surface area contributed by atoms with Crippen molar-refractivity contribution in [2.24, 2.45) is 0 Å². The Hall–Kier alpha value is -3.21. The third kappa shape index (κ3) is 2.63. The summed E-state index contributed by atoms with van der Waals surface area (Å²) in [6, 6.07) is 12.6. The second-order valence-electron chi connectivity index (χ2n) is 6.26. The van der Waals surface area contributed by atoms with Crippen LogP contribution in [-0.4, -0.2) is 20.6 Å². The Labute approximate surface area is 143 Å². The fourth-order valence-corrected chi connectivity index (χ4v) is 3.25. The summed E-state index contributed by atoms with van der Waals surface area (Å²) in [5.41, 5.74) is 3.66. The molecule has 1 aliphatic heterocycles. The lowest BCUT2D eigenvalue weighted by Crippen LogP contribution is -2.21. The topological polar surface area (TPSA) is 72.2 Å². The third-order valence-electron chi connectivity index (χ3n) is 4.48. The monoisotopic (exact) mass is 332 g/mol. The van der Waals surface area contributed by atoms with E-state index >= 15 is 0 Å². The lowest BCUT2D eigenvalue weighted by molar-refractivity contribution is 0.0697. The SMILES string of the molecule is Cc1cccc(/C=C2\CCn3c2nc2cc(C(=O)O)ccc2c3=O)c1. The summed E-state index contributed by atoms with van der Waals surface area (Å²) in [5, 5.41) is 9.61. The minimum Gasteiger partial charge on any atom is -0.478 e. The van der Waals surface area contributed by atoms with E-state index in [1.807, 2.05) is 31.2 Å². The maximum absolute atomic E-state index is 12.7. The van der Waals surface area contributed by atoms with E-state index in [1.54, 1.807) is 10.6 Å². The van der Waals surface area contributed by atoms with Gasteiger partial charge in [0.25, 0.3) is 5.56 Å². The highest BCUT2D eigenvalue weighted by atomic mass is 16.4. The van der Waals surface area contributed by atoms with Crippen LogP contribution in [0.3, 0.4) is 0 Å². The fraction of sp³-hybridized carbons (Fsp3) is 0.150. The Morgan fingerprint density at radius 3 is 2.84 bits per heavy atom. The summed E-state index contributed by atoms with van der Waals surface area (Å²) in [6.45, 7) is 2.63. The maximum Gasteiger partial charge on any atom is 0.335 e. The van der Waals surface area contributed by atoms with Crippen molar-refractivity contribution in [2.75, 3.05) is 0 Å². The van der Waals surface area contributed by atoms with E-state index in [0.717, 1.165) is 17.6 Å². The van der Waals surface area contributed by atoms with Gasteiger partial charge in [0.1, 0.15) is 5.82 Å². The average Bonchev–Trinajstić information content (AvgIpc) is 2.97. The van der Waals surface area contributed by atoms with Crippen LogP contribution in [0.15, 0.2) is 47.3 Å². The molecule has 0 radical (unpaired) electrons. The molecule has 3 aromatic rings. The summed E-state index contributed by atoms with van der Waals surface area (Å²) in [6.07, 6.45) is 2.78. The lowest BCUT2D eigenvalue weighted by atomic mass is 10.1. The number of nitrogens with zero attached hydrogens (tertiary/aromatic N) is 2. The molecule has 5 heteroatoms. The zero-order valence-electron chi connectivity index (χ0n) is 13.7. The molecule has 0 saturated heterocycles. The summed E-state index contributed by atoms with van der Waals surface area (Å²) in [5.74, 6) is -0.402. The van der Waals surface area contributed by atoms with E-state index in [2.05, 4.69) is 11.1 Å². The summed E-state index contributed by atoms with van der Waals surface area (Å²) in [7, 11) is 0. The molecule has 4 rings (SSSR count). The van der Waals surface area contributed by atoms with Gasteiger partial charge in [-0.15, -0.1) is 0 Å². The molecule has 0 atom stereocenters. The number of aromatic nitrogens is 2. The molecule has 0 fully saturated rings. The van der Waals surface area contributed by atoms with E-state index in [0.29, 0.717) is 23.3 Å². The van der Waals surface area contributed by atoms with E-state index in [-0.39, 0.29) is 11.1 Å². The average molecular weight is 332 g/mol. The highest BCUT2D eigenvalue weighted by Gasteiger charge is 2.21. The fourth-order valence-electron chi connectivity index (χ4n) is 3.25. The number of benzene rings is 2. The van der Waals surface area contributed by atoms with Crippen LogP contribution in [-0.2, 0) is 6.54 Å². The molecule has 1 aliphatic rings. The third-order valence-corrected chi connectivity index (χ3v) is 4.48. The van der Waals surface area contributed by atoms with Crippen molar-refractivity contribution >= 4 is 28.5 Å². The van der Waals surface area contributed by atoms with Gasteiger partial charge in [-0.25, -0.2) is 9.78 Å². The molecule has 0 amide bonds. The minimum absolute atomic E-state index is 0.121. The van der Waals surface area contributed by atoms with Crippen molar-refractivity contribution < 1.29 is 9.90 Å². The van der Waals surface area contributed by atoms with Gasteiger partial charge in [0.2, 0.25) is 0 Å². The number of aryl methyl sites for hydroxylation is 1. The summed E-state index contributed by atoms with van der Waals surface area (Å²) < 4.78 is 1.67. The zero-order valence-corrected chi connectivity index (χ0v) is 13.7. The Morgan fingerprint density at radius 2 is 2.08 bits per heavy atom. The van der Waals surface area contributed by atoms with Gasteiger partial charge in [0, 0.05) is 6.54 Å². The smallest absolute Gasteiger partial charge is 0.335 e. The van der Waals surface area contributed by atoms with Crippen LogP contribution in [0.25, 0.3) is 22.6 Å². The molecule has 0 unspecified atom stereocenters. The Morgan fingerprint density at radius 1 is 1.24 bits per heavy atom. The molecule has 0 bridgehead atoms. The number of hydrogen-bond donors (Lipinski definition) is 1. The van der Waals surface area contributed by atoms with Crippen molar-refractivity contribution in [1.82, 2.24) is 9.55 Å². The first-order valence-electron chi connectivity index (χ1n) is 8.08. The van der Waals surface area contributed by atoms with Gasteiger partial charge < -0.3 is 5.11 Å². The molecule has 1 N–H and O–H groups in total. The molecule has 124 valence electrons. The van der Waals surface area contributed by atoms with Gasteiger partial charge >= 0.3 is 5.97 Å². The number of carboxylic acid groups (broad SMARTS) is 1. The second-order valence-corrected chi connectivity index (χ2v) is 6.26. The van der Waals surface area contributed by atoms with Crippen molar-refractivity contribution in [3.63, 3.8) is 0 Å². The number of allylic oxidation sites excluding steroid dienone is 1. The quantitative estimate of drug-likeness (QED) is 0.781. The number of carbonyl (C=O) groups is 1. The van der Waals surface area contributed by atoms with Gasteiger partial charge in [-0.2, -0.15) is 0 Å². The second kappa shape index (κ2) is 5.70. The maximum atomic E-state index is 12.7. The minimum atomic E-state index is -1.03. The molecule has 0 spiro atoms. The van der Waals surface area contributed by atoms with Crippen LogP contribution >= 0.6 is 0 Å². The van der Waals surface area contributed by atoms with E-state index in [1.165, 1.54) is 17.7 Å². The predicted octanol–water partition coefficient (Wildman–Crippen LogP) is 3.35. The van der Waals surface area contributed by atoms with E-state index in [9.17, 15) is 9.59 Å². The zero-order chi connectivity index (χ0) is 17.6. The van der Waals surface area contributed by atoms with E-state index in [4.69, 9.17) is 5.11 Å². The summed E-state index contributed by atoms with van der Waals surface area (Å²) in [4.78, 5) is 28.5. The van der Waals surface area contributed by atoms with Crippen LogP contribution in [0.1, 0.15) is 33.7 Å². The molecule has 0 aliphatic carbocycles. The molecule has 0 saturated carbocycles. The molecule has 25 heavy (non-hydrogen) atoms. The largest absolute Gasteiger partial charge is 0.478 e. The van der Waals surface area contributed by atoms with Gasteiger partial charge in [0.15, 0.2) is 0 Å². The van der Waals surface area contributed by atoms with Crippen LogP contribution in [0.5, 0.6) is 0 Å². The Balaban J connectivity index is 1.90. The lowest BCUT2D eigenvalue weighted by Gasteiger charge is -2.06. The molecular formula is C20H16N2O3. The van der Waals surface area contributed by atoms with Crippen molar-refractivity contribution in [3.8, 4) is 0 Å². The van der Waals surface area contributed by atoms with Gasteiger partial charge in [-0.1, -0.05) is 29.8 Å². The Bertz CT molecular complexity index is 1110. The molecule has 2 heterocycles. The highest BCUT2D eigenvalue weighted by Crippen LogP contribution is 2.27. The summed E-state index contributed by atoms with van der Waals surface area (Å²) >= 11 is 0. The van der Waals surface area contributed by atoms with Crippen molar-refractivity contribution in [2.45, 2.75) is 19.9 Å². The first-order chi connectivity index (χ1) is 12.0. The molecule has 5 nitrogen and oxygen atoms in total. The molecular weight excluding hydrogens is 316 g/mol. The van der Waals surface area contributed by atoms with Gasteiger partial charge in [0.05, 0.1) is 16.5 Å².